The molecule has 11 nitrogen and oxygen atoms in total. The largest absolute Gasteiger partial charge is 0.465 e. The van der Waals surface area contributed by atoms with E-state index in [2.05, 4.69) is 48.8 Å². The Morgan fingerprint density at radius 1 is 1.22 bits per heavy atom. The molecule has 4 atom stereocenters. The maximum Gasteiger partial charge on any atom is 0.451 e. The van der Waals surface area contributed by atoms with Gasteiger partial charge in [-0.2, -0.15) is 13.2 Å². The van der Waals surface area contributed by atoms with Gasteiger partial charge in [0.1, 0.15) is 18.3 Å². The lowest BCUT2D eigenvalue weighted by atomic mass is 10.1. The van der Waals surface area contributed by atoms with Gasteiger partial charge in [0.15, 0.2) is 37.3 Å². The molecular formula is C21H30F3N5O6Si. The maximum atomic E-state index is 13.5. The molecule has 0 bridgehead atoms. The SMILES string of the molecule is CC1(C)O[C@@H]2[C@H](O1)[C@@H](CO[Si](C)(C)C(C)(C)C)O[C@H]2n1cnc2c(NC(=O)O)nc(C(F)(F)F)nc21. The van der Waals surface area contributed by atoms with Crippen molar-refractivity contribution in [2.75, 3.05) is 11.9 Å². The average Bonchev–Trinajstić information content (AvgIpc) is 3.35. The van der Waals surface area contributed by atoms with Crippen molar-refractivity contribution in [3.8, 4) is 0 Å². The standard InChI is InChI=1S/C21H30F3N5O6Si/c1-19(2,3)36(6,7)32-8-10-12-13(35-20(4,5)34-12)16(33-10)29-9-25-11-14(27-18(30)31)26-17(21(22,23)24)28-15(11)29/h9-10,12-13,16H,8H2,1-7H3,(H,30,31)(H,26,27,28)/t10-,12-,13-,16-/m1/s1. The molecule has 2 aromatic heterocycles. The second-order valence-electron chi connectivity index (χ2n) is 10.8. The van der Waals surface area contributed by atoms with E-state index in [4.69, 9.17) is 23.7 Å². The number of ether oxygens (including phenoxy) is 3. The Morgan fingerprint density at radius 3 is 2.44 bits per heavy atom. The fourth-order valence-electron chi connectivity index (χ4n) is 3.94. The van der Waals surface area contributed by atoms with Crippen LogP contribution in [0.5, 0.6) is 0 Å². The van der Waals surface area contributed by atoms with Crippen LogP contribution in [0.1, 0.15) is 46.7 Å². The van der Waals surface area contributed by atoms with Crippen LogP contribution >= 0.6 is 0 Å². The summed E-state index contributed by atoms with van der Waals surface area (Å²) in [5.41, 5.74) is -0.422. The molecule has 36 heavy (non-hydrogen) atoms. The Bertz CT molecular complexity index is 1170. The van der Waals surface area contributed by atoms with Gasteiger partial charge in [-0.05, 0) is 32.0 Å². The number of amides is 1. The fourth-order valence-corrected chi connectivity index (χ4v) is 4.96. The van der Waals surface area contributed by atoms with E-state index < -0.39 is 62.6 Å². The third-order valence-electron chi connectivity index (χ3n) is 6.71. The zero-order valence-electron chi connectivity index (χ0n) is 21.0. The highest BCUT2D eigenvalue weighted by molar-refractivity contribution is 6.74. The van der Waals surface area contributed by atoms with E-state index in [-0.39, 0.29) is 22.8 Å². The smallest absolute Gasteiger partial charge is 0.451 e. The number of hydrogen-bond donors (Lipinski definition) is 2. The van der Waals surface area contributed by atoms with E-state index in [1.807, 2.05) is 5.32 Å². The van der Waals surface area contributed by atoms with Crippen molar-refractivity contribution < 1.29 is 41.7 Å². The summed E-state index contributed by atoms with van der Waals surface area (Å²) in [5.74, 6) is -3.07. The fraction of sp³-hybridized carbons (Fsp3) is 0.714. The molecule has 2 aliphatic heterocycles. The number of alkyl halides is 3. The number of rotatable bonds is 5. The van der Waals surface area contributed by atoms with Gasteiger partial charge < -0.3 is 23.7 Å². The highest BCUT2D eigenvalue weighted by Crippen LogP contribution is 2.45. The summed E-state index contributed by atoms with van der Waals surface area (Å²) in [7, 11) is -2.14. The number of nitrogens with one attached hydrogen (secondary N) is 1. The molecule has 15 heteroatoms. The Balaban J connectivity index is 1.73. The third kappa shape index (κ3) is 4.94. The summed E-state index contributed by atoms with van der Waals surface area (Å²) in [6, 6.07) is 0. The second-order valence-corrected chi connectivity index (χ2v) is 15.7. The number of fused-ring (bicyclic) bond motifs is 2. The highest BCUT2D eigenvalue weighted by atomic mass is 28.4. The first-order valence-corrected chi connectivity index (χ1v) is 14.3. The molecule has 0 saturated carbocycles. The van der Waals surface area contributed by atoms with Crippen LogP contribution < -0.4 is 5.32 Å². The number of hydrogen-bond acceptors (Lipinski definition) is 8. The van der Waals surface area contributed by atoms with Crippen molar-refractivity contribution in [2.24, 2.45) is 0 Å². The van der Waals surface area contributed by atoms with E-state index in [1.165, 1.54) is 10.9 Å². The Hall–Kier alpha value is -2.33. The first-order chi connectivity index (χ1) is 16.4. The molecule has 0 aliphatic carbocycles. The Morgan fingerprint density at radius 2 is 1.86 bits per heavy atom. The van der Waals surface area contributed by atoms with Crippen molar-refractivity contribution >= 4 is 31.4 Å². The van der Waals surface area contributed by atoms with Crippen molar-refractivity contribution in [1.82, 2.24) is 19.5 Å². The number of nitrogens with zero attached hydrogens (tertiary/aromatic N) is 4. The molecule has 1 amide bonds. The van der Waals surface area contributed by atoms with Crippen LogP contribution in [0.3, 0.4) is 0 Å². The molecule has 0 spiro atoms. The average molecular weight is 534 g/mol. The number of anilines is 1. The van der Waals surface area contributed by atoms with Gasteiger partial charge in [0, 0.05) is 0 Å². The van der Waals surface area contributed by atoms with E-state index >= 15 is 0 Å². The topological polar surface area (TPSA) is 130 Å². The monoisotopic (exact) mass is 533 g/mol. The van der Waals surface area contributed by atoms with Crippen LogP contribution in [-0.2, 0) is 24.8 Å². The predicted octanol–water partition coefficient (Wildman–Crippen LogP) is 4.37. The van der Waals surface area contributed by atoms with Gasteiger partial charge in [0.05, 0.1) is 12.9 Å². The molecule has 2 saturated heterocycles. The minimum Gasteiger partial charge on any atom is -0.465 e. The summed E-state index contributed by atoms with van der Waals surface area (Å²) in [6.45, 7) is 14.2. The zero-order valence-corrected chi connectivity index (χ0v) is 22.0. The van der Waals surface area contributed by atoms with Gasteiger partial charge in [-0.15, -0.1) is 0 Å². The molecular weight excluding hydrogens is 503 g/mol. The summed E-state index contributed by atoms with van der Waals surface area (Å²) >= 11 is 0. The molecule has 2 N–H and O–H groups in total. The second kappa shape index (κ2) is 8.61. The van der Waals surface area contributed by atoms with E-state index in [0.717, 1.165) is 0 Å². The predicted molar refractivity (Wildman–Crippen MR) is 123 cm³/mol. The van der Waals surface area contributed by atoms with Gasteiger partial charge >= 0.3 is 12.3 Å². The minimum absolute atomic E-state index is 0.0459. The first-order valence-electron chi connectivity index (χ1n) is 11.4. The molecule has 2 aliphatic rings. The molecule has 2 fully saturated rings. The van der Waals surface area contributed by atoms with Crippen LogP contribution in [0.4, 0.5) is 23.8 Å². The van der Waals surface area contributed by atoms with Crippen LogP contribution in [-0.4, -0.2) is 69.7 Å². The molecule has 0 unspecified atom stereocenters. The summed E-state index contributed by atoms with van der Waals surface area (Å²) in [4.78, 5) is 22.2. The molecule has 4 rings (SSSR count). The summed E-state index contributed by atoms with van der Waals surface area (Å²) < 4.78 is 66.5. The van der Waals surface area contributed by atoms with Crippen molar-refractivity contribution in [1.29, 1.82) is 0 Å². The van der Waals surface area contributed by atoms with E-state index in [0.29, 0.717) is 0 Å². The van der Waals surface area contributed by atoms with Crippen LogP contribution in [0.15, 0.2) is 6.33 Å². The van der Waals surface area contributed by atoms with Crippen molar-refractivity contribution in [3.05, 3.63) is 12.2 Å². The summed E-state index contributed by atoms with van der Waals surface area (Å²) in [5, 5.41) is 10.9. The van der Waals surface area contributed by atoms with Crippen LogP contribution in [0, 0.1) is 0 Å². The zero-order chi connectivity index (χ0) is 26.8. The lowest BCUT2D eigenvalue weighted by molar-refractivity contribution is -0.199. The maximum absolute atomic E-state index is 13.5. The third-order valence-corrected chi connectivity index (χ3v) is 11.2. The number of carboxylic acid groups (broad SMARTS) is 1. The lowest BCUT2D eigenvalue weighted by Crippen LogP contribution is -2.44. The van der Waals surface area contributed by atoms with Gasteiger partial charge in [0.25, 0.3) is 0 Å². The number of halogens is 3. The minimum atomic E-state index is -4.92. The van der Waals surface area contributed by atoms with Crippen LogP contribution in [0.2, 0.25) is 18.1 Å². The van der Waals surface area contributed by atoms with Gasteiger partial charge in [-0.1, -0.05) is 20.8 Å². The molecule has 200 valence electrons. The molecule has 4 heterocycles. The van der Waals surface area contributed by atoms with Gasteiger partial charge in [-0.25, -0.2) is 19.7 Å². The van der Waals surface area contributed by atoms with Crippen molar-refractivity contribution in [3.63, 3.8) is 0 Å². The highest BCUT2D eigenvalue weighted by Gasteiger charge is 2.57. The normalized spacial score (nSPS) is 26.4. The van der Waals surface area contributed by atoms with Gasteiger partial charge in [0.2, 0.25) is 5.82 Å². The number of carbonyl (C=O) groups is 1. The summed E-state index contributed by atoms with van der Waals surface area (Å²) in [6.07, 6.45) is -8.09. The first kappa shape index (κ1) is 26.7. The van der Waals surface area contributed by atoms with Crippen molar-refractivity contribution in [2.45, 2.75) is 89.3 Å². The Labute approximate surface area is 206 Å². The number of aromatic nitrogens is 4. The molecule has 2 aromatic rings. The lowest BCUT2D eigenvalue weighted by Gasteiger charge is -2.37. The molecule has 0 aromatic carbocycles. The van der Waals surface area contributed by atoms with Gasteiger partial charge in [-0.3, -0.25) is 9.88 Å². The Kier molecular flexibility index (Phi) is 6.39. The van der Waals surface area contributed by atoms with E-state index in [9.17, 15) is 18.0 Å². The molecule has 0 radical (unpaired) electrons. The van der Waals surface area contributed by atoms with E-state index in [1.54, 1.807) is 13.8 Å². The van der Waals surface area contributed by atoms with Crippen LogP contribution in [0.25, 0.3) is 11.2 Å². The quantitative estimate of drug-likeness (QED) is 0.538. The number of imidazole rings is 1.